The largest absolute Gasteiger partial charge is 0.339 e. The van der Waals surface area contributed by atoms with Crippen LogP contribution in [0.5, 0.6) is 0 Å². The lowest BCUT2D eigenvalue weighted by Crippen LogP contribution is -2.34. The molecule has 1 amide bonds. The molecule has 1 aromatic carbocycles. The number of carbonyl (C=O) groups is 1. The zero-order valence-corrected chi connectivity index (χ0v) is 10.3. The van der Waals surface area contributed by atoms with E-state index in [2.05, 4.69) is 0 Å². The van der Waals surface area contributed by atoms with Crippen molar-refractivity contribution >= 4 is 5.91 Å². The van der Waals surface area contributed by atoms with E-state index in [4.69, 9.17) is 0 Å². The summed E-state index contributed by atoms with van der Waals surface area (Å²) in [5.74, 6) is -2.23. The molecule has 0 unspecified atom stereocenters. The van der Waals surface area contributed by atoms with Crippen molar-refractivity contribution in [2.45, 2.75) is 20.8 Å². The fourth-order valence-electron chi connectivity index (χ4n) is 1.64. The second-order valence-corrected chi connectivity index (χ2v) is 4.34. The monoisotopic (exact) mass is 241 g/mol. The van der Waals surface area contributed by atoms with Gasteiger partial charge in [-0.2, -0.15) is 0 Å². The minimum atomic E-state index is -1.07. The first-order valence-electron chi connectivity index (χ1n) is 5.70. The number of hydrogen-bond donors (Lipinski definition) is 0. The van der Waals surface area contributed by atoms with Crippen molar-refractivity contribution in [1.29, 1.82) is 0 Å². The van der Waals surface area contributed by atoms with Crippen LogP contribution in [0.3, 0.4) is 0 Å². The molecule has 0 bridgehead atoms. The summed E-state index contributed by atoms with van der Waals surface area (Å²) in [6.07, 6.45) is 0. The molecule has 0 atom stereocenters. The van der Waals surface area contributed by atoms with Gasteiger partial charge in [-0.25, -0.2) is 8.78 Å². The van der Waals surface area contributed by atoms with Crippen molar-refractivity contribution in [3.05, 3.63) is 35.4 Å². The molecule has 0 saturated heterocycles. The number of hydrogen-bond acceptors (Lipinski definition) is 1. The molecule has 0 N–H and O–H groups in total. The molecule has 1 aromatic rings. The fraction of sp³-hybridized carbons (Fsp3) is 0.462. The lowest BCUT2D eigenvalue weighted by Gasteiger charge is -2.23. The first-order chi connectivity index (χ1) is 7.97. The van der Waals surface area contributed by atoms with Gasteiger partial charge in [0.1, 0.15) is 0 Å². The maximum absolute atomic E-state index is 13.5. The van der Waals surface area contributed by atoms with Crippen LogP contribution in [0.2, 0.25) is 0 Å². The molecular formula is C13H17F2NO. The van der Waals surface area contributed by atoms with Crippen molar-refractivity contribution < 1.29 is 13.6 Å². The van der Waals surface area contributed by atoms with E-state index in [1.165, 1.54) is 17.0 Å². The highest BCUT2D eigenvalue weighted by molar-refractivity contribution is 5.94. The van der Waals surface area contributed by atoms with Crippen LogP contribution in [0, 0.1) is 17.6 Å². The van der Waals surface area contributed by atoms with E-state index < -0.39 is 17.5 Å². The Balaban J connectivity index is 2.98. The molecule has 0 aliphatic heterocycles. The van der Waals surface area contributed by atoms with Crippen LogP contribution in [0.4, 0.5) is 8.78 Å². The van der Waals surface area contributed by atoms with Gasteiger partial charge in [0, 0.05) is 13.1 Å². The number of amides is 1. The van der Waals surface area contributed by atoms with E-state index >= 15 is 0 Å². The Morgan fingerprint density at radius 2 is 2.00 bits per heavy atom. The van der Waals surface area contributed by atoms with E-state index in [1.807, 2.05) is 20.8 Å². The average molecular weight is 241 g/mol. The van der Waals surface area contributed by atoms with Crippen LogP contribution in [-0.4, -0.2) is 23.9 Å². The number of rotatable bonds is 4. The predicted molar refractivity (Wildman–Crippen MR) is 62.8 cm³/mol. The quantitative estimate of drug-likeness (QED) is 0.793. The Morgan fingerprint density at radius 3 is 2.53 bits per heavy atom. The van der Waals surface area contributed by atoms with Gasteiger partial charge in [0.25, 0.3) is 5.91 Å². The first-order valence-corrected chi connectivity index (χ1v) is 5.70. The predicted octanol–water partition coefficient (Wildman–Crippen LogP) is 3.08. The Labute approximate surface area is 100 Å². The Hall–Kier alpha value is -1.45. The third kappa shape index (κ3) is 3.25. The van der Waals surface area contributed by atoms with Gasteiger partial charge in [-0.05, 0) is 25.0 Å². The van der Waals surface area contributed by atoms with Crippen LogP contribution in [0.25, 0.3) is 0 Å². The van der Waals surface area contributed by atoms with Crippen molar-refractivity contribution in [2.75, 3.05) is 13.1 Å². The summed E-state index contributed by atoms with van der Waals surface area (Å²) >= 11 is 0. The third-order valence-electron chi connectivity index (χ3n) is 2.44. The van der Waals surface area contributed by atoms with Crippen molar-refractivity contribution in [2.24, 2.45) is 5.92 Å². The van der Waals surface area contributed by atoms with Gasteiger partial charge in [0.2, 0.25) is 0 Å². The molecule has 0 aliphatic rings. The van der Waals surface area contributed by atoms with Crippen LogP contribution in [0.1, 0.15) is 31.1 Å². The van der Waals surface area contributed by atoms with E-state index in [9.17, 15) is 13.6 Å². The molecule has 1 rings (SSSR count). The highest BCUT2D eigenvalue weighted by Crippen LogP contribution is 2.14. The summed E-state index contributed by atoms with van der Waals surface area (Å²) in [6.45, 7) is 6.77. The van der Waals surface area contributed by atoms with Gasteiger partial charge in [-0.1, -0.05) is 19.9 Å². The van der Waals surface area contributed by atoms with E-state index in [1.54, 1.807) is 0 Å². The minimum Gasteiger partial charge on any atom is -0.339 e. The van der Waals surface area contributed by atoms with Crippen LogP contribution < -0.4 is 0 Å². The lowest BCUT2D eigenvalue weighted by atomic mass is 10.1. The van der Waals surface area contributed by atoms with Gasteiger partial charge >= 0.3 is 0 Å². The third-order valence-corrected chi connectivity index (χ3v) is 2.44. The summed E-state index contributed by atoms with van der Waals surface area (Å²) in [5, 5.41) is 0. The number of nitrogens with zero attached hydrogens (tertiary/aromatic N) is 1. The summed E-state index contributed by atoms with van der Waals surface area (Å²) in [6, 6.07) is 3.66. The Bertz CT molecular complexity index is 404. The Kier molecular flexibility index (Phi) is 4.61. The molecule has 0 heterocycles. The molecular weight excluding hydrogens is 224 g/mol. The van der Waals surface area contributed by atoms with Gasteiger partial charge in [0.15, 0.2) is 11.6 Å². The number of halogens is 2. The van der Waals surface area contributed by atoms with Crippen LogP contribution in [-0.2, 0) is 0 Å². The molecule has 94 valence electrons. The maximum Gasteiger partial charge on any atom is 0.256 e. The standard InChI is InChI=1S/C13H17F2NO/c1-4-16(8-9(2)3)13(17)10-6-5-7-11(14)12(10)15/h5-7,9H,4,8H2,1-3H3. The van der Waals surface area contributed by atoms with E-state index in [0.717, 1.165) is 6.07 Å². The summed E-state index contributed by atoms with van der Waals surface area (Å²) in [4.78, 5) is 13.5. The smallest absolute Gasteiger partial charge is 0.256 e. The topological polar surface area (TPSA) is 20.3 Å². The number of carbonyl (C=O) groups excluding carboxylic acids is 1. The van der Waals surface area contributed by atoms with Gasteiger partial charge in [0.05, 0.1) is 5.56 Å². The number of benzene rings is 1. The molecule has 0 spiro atoms. The summed E-state index contributed by atoms with van der Waals surface area (Å²) < 4.78 is 26.5. The highest BCUT2D eigenvalue weighted by Gasteiger charge is 2.20. The first kappa shape index (κ1) is 13.6. The molecule has 0 saturated carbocycles. The summed E-state index contributed by atoms with van der Waals surface area (Å²) in [7, 11) is 0. The Morgan fingerprint density at radius 1 is 1.35 bits per heavy atom. The lowest BCUT2D eigenvalue weighted by molar-refractivity contribution is 0.0740. The SMILES string of the molecule is CCN(CC(C)C)C(=O)c1cccc(F)c1F. The minimum absolute atomic E-state index is 0.201. The summed E-state index contributed by atoms with van der Waals surface area (Å²) in [5.41, 5.74) is -0.201. The normalized spacial score (nSPS) is 10.7. The zero-order valence-electron chi connectivity index (χ0n) is 10.3. The van der Waals surface area contributed by atoms with Crippen LogP contribution >= 0.6 is 0 Å². The molecule has 4 heteroatoms. The fourth-order valence-corrected chi connectivity index (χ4v) is 1.64. The molecule has 0 aliphatic carbocycles. The second-order valence-electron chi connectivity index (χ2n) is 4.34. The maximum atomic E-state index is 13.5. The molecule has 2 nitrogen and oxygen atoms in total. The van der Waals surface area contributed by atoms with Crippen molar-refractivity contribution in [3.8, 4) is 0 Å². The average Bonchev–Trinajstić information content (AvgIpc) is 2.28. The van der Waals surface area contributed by atoms with Crippen molar-refractivity contribution in [3.63, 3.8) is 0 Å². The molecule has 17 heavy (non-hydrogen) atoms. The second kappa shape index (κ2) is 5.75. The van der Waals surface area contributed by atoms with Gasteiger partial charge < -0.3 is 4.90 Å². The zero-order chi connectivity index (χ0) is 13.0. The van der Waals surface area contributed by atoms with Crippen LogP contribution in [0.15, 0.2) is 18.2 Å². The molecule has 0 fully saturated rings. The van der Waals surface area contributed by atoms with E-state index in [0.29, 0.717) is 13.1 Å². The van der Waals surface area contributed by atoms with Gasteiger partial charge in [-0.3, -0.25) is 4.79 Å². The van der Waals surface area contributed by atoms with Gasteiger partial charge in [-0.15, -0.1) is 0 Å². The highest BCUT2D eigenvalue weighted by atomic mass is 19.2. The van der Waals surface area contributed by atoms with E-state index in [-0.39, 0.29) is 11.5 Å². The molecule has 0 radical (unpaired) electrons. The van der Waals surface area contributed by atoms with Crippen molar-refractivity contribution in [1.82, 2.24) is 4.90 Å². The molecule has 0 aromatic heterocycles.